The van der Waals surface area contributed by atoms with Gasteiger partial charge in [-0.3, -0.25) is 9.59 Å². The van der Waals surface area contributed by atoms with Crippen LogP contribution in [0.1, 0.15) is 56.6 Å². The van der Waals surface area contributed by atoms with Gasteiger partial charge in [-0.15, -0.1) is 0 Å². The molecular formula is C19H25ClN2O2. The molecule has 0 radical (unpaired) electrons. The quantitative estimate of drug-likeness (QED) is 0.873. The molecule has 0 spiro atoms. The van der Waals surface area contributed by atoms with Crippen LogP contribution in [0.3, 0.4) is 0 Å². The maximum absolute atomic E-state index is 12.8. The van der Waals surface area contributed by atoms with E-state index >= 15 is 0 Å². The van der Waals surface area contributed by atoms with E-state index in [1.54, 1.807) is 0 Å². The van der Waals surface area contributed by atoms with Crippen LogP contribution >= 0.6 is 11.6 Å². The van der Waals surface area contributed by atoms with Crippen LogP contribution < -0.4 is 10.6 Å². The number of rotatable bonds is 4. The molecule has 0 bridgehead atoms. The van der Waals surface area contributed by atoms with E-state index in [0.717, 1.165) is 31.2 Å². The lowest BCUT2D eigenvalue weighted by Gasteiger charge is -2.27. The van der Waals surface area contributed by atoms with Crippen molar-refractivity contribution in [2.45, 2.75) is 51.0 Å². The lowest BCUT2D eigenvalue weighted by Crippen LogP contribution is -2.38. The Morgan fingerprint density at radius 2 is 2.00 bits per heavy atom. The van der Waals surface area contributed by atoms with Crippen molar-refractivity contribution in [3.05, 3.63) is 34.9 Å². The number of benzene rings is 1. The average Bonchev–Trinajstić information content (AvgIpc) is 3.00. The third-order valence-electron chi connectivity index (χ3n) is 5.23. The van der Waals surface area contributed by atoms with Crippen molar-refractivity contribution in [3.8, 4) is 0 Å². The van der Waals surface area contributed by atoms with Gasteiger partial charge in [-0.25, -0.2) is 0 Å². The minimum atomic E-state index is -0.226. The summed E-state index contributed by atoms with van der Waals surface area (Å²) in [5, 5.41) is 6.78. The molecule has 4 nitrogen and oxygen atoms in total. The summed E-state index contributed by atoms with van der Waals surface area (Å²) >= 11 is 6.16. The Bertz CT molecular complexity index is 599. The Morgan fingerprint density at radius 3 is 2.75 bits per heavy atom. The van der Waals surface area contributed by atoms with E-state index in [1.165, 1.54) is 12.8 Å². The highest BCUT2D eigenvalue weighted by molar-refractivity contribution is 6.30. The van der Waals surface area contributed by atoms with Crippen LogP contribution in [-0.4, -0.2) is 18.4 Å². The van der Waals surface area contributed by atoms with Gasteiger partial charge in [-0.2, -0.15) is 0 Å². The molecule has 1 saturated carbocycles. The highest BCUT2D eigenvalue weighted by atomic mass is 35.5. The zero-order chi connectivity index (χ0) is 16.9. The Labute approximate surface area is 148 Å². The summed E-state index contributed by atoms with van der Waals surface area (Å²) in [7, 11) is 0. The molecular weight excluding hydrogens is 324 g/mol. The van der Waals surface area contributed by atoms with Gasteiger partial charge in [0.05, 0.1) is 6.04 Å². The van der Waals surface area contributed by atoms with Crippen LogP contribution in [0.5, 0.6) is 0 Å². The largest absolute Gasteiger partial charge is 0.356 e. The standard InChI is InChI=1S/C19H25ClN2O2/c20-16-9-3-7-14(11-16)18(13-5-1-2-6-13)22-19(24)15-8-4-10-21-17(23)12-15/h3,7,9,11,13,15,18H,1-2,4-6,8,10,12H2,(H,21,23)(H,22,24)/t15-,18-/m0/s1. The highest BCUT2D eigenvalue weighted by Crippen LogP contribution is 2.36. The summed E-state index contributed by atoms with van der Waals surface area (Å²) in [5.74, 6) is 0.208. The average molecular weight is 349 g/mol. The third kappa shape index (κ3) is 4.29. The van der Waals surface area contributed by atoms with Crippen LogP contribution in [-0.2, 0) is 9.59 Å². The van der Waals surface area contributed by atoms with Crippen molar-refractivity contribution < 1.29 is 9.59 Å². The number of amides is 2. The van der Waals surface area contributed by atoms with E-state index in [4.69, 9.17) is 11.6 Å². The SMILES string of the molecule is O=C1C[C@@H](C(=O)N[C@H](c2cccc(Cl)c2)C2CCCC2)CCCN1. The molecule has 2 atom stereocenters. The molecule has 0 unspecified atom stereocenters. The van der Waals surface area contributed by atoms with Gasteiger partial charge in [0, 0.05) is 23.9 Å². The second-order valence-corrected chi connectivity index (χ2v) is 7.42. The molecule has 1 aromatic rings. The van der Waals surface area contributed by atoms with E-state index < -0.39 is 0 Å². The van der Waals surface area contributed by atoms with E-state index in [1.807, 2.05) is 24.3 Å². The van der Waals surface area contributed by atoms with Crippen molar-refractivity contribution >= 4 is 23.4 Å². The number of hydrogen-bond donors (Lipinski definition) is 2. The molecule has 0 aromatic heterocycles. The number of carbonyl (C=O) groups is 2. The van der Waals surface area contributed by atoms with Crippen molar-refractivity contribution in [2.24, 2.45) is 11.8 Å². The number of halogens is 1. The number of nitrogens with one attached hydrogen (secondary N) is 2. The van der Waals surface area contributed by atoms with Crippen LogP contribution in [0.25, 0.3) is 0 Å². The maximum atomic E-state index is 12.8. The zero-order valence-electron chi connectivity index (χ0n) is 13.9. The van der Waals surface area contributed by atoms with Gasteiger partial charge in [0.1, 0.15) is 0 Å². The summed E-state index contributed by atoms with van der Waals surface area (Å²) in [6.07, 6.45) is 6.59. The van der Waals surface area contributed by atoms with Crippen molar-refractivity contribution in [3.63, 3.8) is 0 Å². The van der Waals surface area contributed by atoms with Crippen LogP contribution in [0.15, 0.2) is 24.3 Å². The first-order chi connectivity index (χ1) is 11.6. The molecule has 1 aromatic carbocycles. The molecule has 5 heteroatoms. The summed E-state index contributed by atoms with van der Waals surface area (Å²) in [5.41, 5.74) is 1.07. The second kappa shape index (κ2) is 8.02. The molecule has 1 aliphatic heterocycles. The van der Waals surface area contributed by atoms with Crippen molar-refractivity contribution in [2.75, 3.05) is 6.54 Å². The predicted molar refractivity (Wildman–Crippen MR) is 94.6 cm³/mol. The van der Waals surface area contributed by atoms with Crippen molar-refractivity contribution in [1.29, 1.82) is 0 Å². The Kier molecular flexibility index (Phi) is 5.77. The molecule has 3 rings (SSSR count). The molecule has 1 heterocycles. The maximum Gasteiger partial charge on any atom is 0.224 e. The minimum Gasteiger partial charge on any atom is -0.356 e. The molecule has 2 N–H and O–H groups in total. The fourth-order valence-corrected chi connectivity index (χ4v) is 4.13. The van der Waals surface area contributed by atoms with Gasteiger partial charge in [0.25, 0.3) is 0 Å². The van der Waals surface area contributed by atoms with Crippen LogP contribution in [0.2, 0.25) is 5.02 Å². The minimum absolute atomic E-state index is 0.00363. The van der Waals surface area contributed by atoms with Gasteiger partial charge >= 0.3 is 0 Å². The lowest BCUT2D eigenvalue weighted by atomic mass is 9.90. The smallest absolute Gasteiger partial charge is 0.224 e. The van der Waals surface area contributed by atoms with E-state index in [2.05, 4.69) is 10.6 Å². The van der Waals surface area contributed by atoms with Crippen LogP contribution in [0, 0.1) is 11.8 Å². The normalized spacial score (nSPS) is 23.4. The predicted octanol–water partition coefficient (Wildman–Crippen LogP) is 3.60. The fraction of sp³-hybridized carbons (Fsp3) is 0.579. The summed E-state index contributed by atoms with van der Waals surface area (Å²) in [4.78, 5) is 24.5. The number of carbonyl (C=O) groups excluding carboxylic acids is 2. The lowest BCUT2D eigenvalue weighted by molar-refractivity contribution is -0.130. The summed E-state index contributed by atoms with van der Waals surface area (Å²) in [6, 6.07) is 7.77. The third-order valence-corrected chi connectivity index (χ3v) is 5.47. The molecule has 2 aliphatic rings. The monoisotopic (exact) mass is 348 g/mol. The molecule has 1 aliphatic carbocycles. The number of hydrogen-bond acceptors (Lipinski definition) is 2. The first-order valence-electron chi connectivity index (χ1n) is 8.96. The molecule has 2 fully saturated rings. The van der Waals surface area contributed by atoms with E-state index in [0.29, 0.717) is 23.9 Å². The zero-order valence-corrected chi connectivity index (χ0v) is 14.6. The Balaban J connectivity index is 1.75. The van der Waals surface area contributed by atoms with Crippen LogP contribution in [0.4, 0.5) is 0 Å². The summed E-state index contributed by atoms with van der Waals surface area (Å²) < 4.78 is 0. The second-order valence-electron chi connectivity index (χ2n) is 6.98. The molecule has 130 valence electrons. The van der Waals surface area contributed by atoms with Gasteiger partial charge in [-0.1, -0.05) is 36.6 Å². The molecule has 24 heavy (non-hydrogen) atoms. The fourth-order valence-electron chi connectivity index (χ4n) is 3.93. The first kappa shape index (κ1) is 17.3. The van der Waals surface area contributed by atoms with E-state index in [-0.39, 0.29) is 23.8 Å². The summed E-state index contributed by atoms with van der Waals surface area (Å²) in [6.45, 7) is 0.670. The highest BCUT2D eigenvalue weighted by Gasteiger charge is 2.31. The Morgan fingerprint density at radius 1 is 1.21 bits per heavy atom. The van der Waals surface area contributed by atoms with Crippen molar-refractivity contribution in [1.82, 2.24) is 10.6 Å². The molecule has 1 saturated heterocycles. The Hall–Kier alpha value is -1.55. The topological polar surface area (TPSA) is 58.2 Å². The first-order valence-corrected chi connectivity index (χ1v) is 9.34. The molecule has 2 amide bonds. The van der Waals surface area contributed by atoms with E-state index in [9.17, 15) is 9.59 Å². The van der Waals surface area contributed by atoms with Gasteiger partial charge in [-0.05, 0) is 49.3 Å². The van der Waals surface area contributed by atoms with Gasteiger partial charge in [0.2, 0.25) is 11.8 Å². The van der Waals surface area contributed by atoms with Gasteiger partial charge < -0.3 is 10.6 Å². The van der Waals surface area contributed by atoms with Gasteiger partial charge in [0.15, 0.2) is 0 Å².